The summed E-state index contributed by atoms with van der Waals surface area (Å²) >= 11 is 0. The number of fused-ring (bicyclic) bond motifs is 1. The van der Waals surface area contributed by atoms with Crippen LogP contribution in [0.15, 0.2) is 48.5 Å². The van der Waals surface area contributed by atoms with E-state index in [-0.39, 0.29) is 5.78 Å². The molecule has 0 saturated carbocycles. The minimum Gasteiger partial charge on any atom is -0.494 e. The van der Waals surface area contributed by atoms with Crippen LogP contribution < -0.4 is 15.4 Å². The van der Waals surface area contributed by atoms with Crippen molar-refractivity contribution in [3.8, 4) is 5.75 Å². The molecule has 6 nitrogen and oxygen atoms in total. The minimum absolute atomic E-state index is 0.0975. The number of benzene rings is 2. The molecule has 30 heavy (non-hydrogen) atoms. The molecule has 0 saturated heterocycles. The molecule has 0 fully saturated rings. The molecule has 1 aliphatic carbocycles. The number of Topliss-reactive ketones (excluding diaryl/α,β-unsaturated/α-hetero) is 1. The highest BCUT2D eigenvalue weighted by Gasteiger charge is 2.25. The maximum Gasteiger partial charge on any atom is 0.229 e. The van der Waals surface area contributed by atoms with Crippen LogP contribution in [0.25, 0.3) is 0 Å². The number of carbonyl (C=O) groups is 1. The number of carbonyl (C=O) groups excluding carboxylic acids is 1. The average Bonchev–Trinajstić information content (AvgIpc) is 2.76. The fourth-order valence-electron chi connectivity index (χ4n) is 3.68. The first kappa shape index (κ1) is 19.9. The van der Waals surface area contributed by atoms with E-state index >= 15 is 0 Å². The van der Waals surface area contributed by atoms with Crippen LogP contribution in [0, 0.1) is 0 Å². The van der Waals surface area contributed by atoms with Crippen molar-refractivity contribution in [1.82, 2.24) is 9.97 Å². The Morgan fingerprint density at radius 3 is 2.53 bits per heavy atom. The molecule has 3 aromatic rings. The van der Waals surface area contributed by atoms with Gasteiger partial charge in [0.25, 0.3) is 0 Å². The summed E-state index contributed by atoms with van der Waals surface area (Å²) < 4.78 is 5.50. The lowest BCUT2D eigenvalue weighted by molar-refractivity contribution is 0.0972. The van der Waals surface area contributed by atoms with Gasteiger partial charge in [0.1, 0.15) is 11.6 Å². The van der Waals surface area contributed by atoms with Gasteiger partial charge in [-0.25, -0.2) is 4.98 Å². The van der Waals surface area contributed by atoms with Crippen molar-refractivity contribution in [1.29, 1.82) is 0 Å². The summed E-state index contributed by atoms with van der Waals surface area (Å²) in [5.41, 5.74) is 4.41. The fourth-order valence-corrected chi connectivity index (χ4v) is 3.68. The van der Waals surface area contributed by atoms with Crippen molar-refractivity contribution < 1.29 is 9.53 Å². The van der Waals surface area contributed by atoms with Crippen LogP contribution in [0.2, 0.25) is 0 Å². The molecule has 0 atom stereocenters. The van der Waals surface area contributed by atoms with E-state index < -0.39 is 0 Å². The zero-order valence-electron chi connectivity index (χ0n) is 17.4. The first-order chi connectivity index (χ1) is 14.7. The Hall–Kier alpha value is -3.41. The summed E-state index contributed by atoms with van der Waals surface area (Å²) in [7, 11) is 0. The van der Waals surface area contributed by atoms with Crippen molar-refractivity contribution in [3.05, 3.63) is 65.4 Å². The summed E-state index contributed by atoms with van der Waals surface area (Å²) in [5, 5.41) is 6.67. The molecule has 0 spiro atoms. The topological polar surface area (TPSA) is 76.1 Å². The van der Waals surface area contributed by atoms with E-state index in [2.05, 4.69) is 33.6 Å². The van der Waals surface area contributed by atoms with Crippen molar-refractivity contribution in [3.63, 3.8) is 0 Å². The zero-order chi connectivity index (χ0) is 20.9. The maximum absolute atomic E-state index is 12.7. The number of para-hydroxylation sites is 1. The predicted octanol–water partition coefficient (Wildman–Crippen LogP) is 5.44. The van der Waals surface area contributed by atoms with Gasteiger partial charge in [-0.05, 0) is 62.1 Å². The standard InChI is InChI=1S/C24H26N4O2/c1-3-16-8-5-6-9-19(16)26-23-22-20(10-7-11-21(22)29)27-24(28-23)25-17-12-14-18(15-13-17)30-4-2/h5-6,8-9,12-15H,3-4,7,10-11H2,1-2H3,(H2,25,26,27,28). The first-order valence-corrected chi connectivity index (χ1v) is 10.5. The summed E-state index contributed by atoms with van der Waals surface area (Å²) in [6.07, 6.45) is 3.01. The summed E-state index contributed by atoms with van der Waals surface area (Å²) in [5.74, 6) is 1.96. The molecule has 0 unspecified atom stereocenters. The van der Waals surface area contributed by atoms with Crippen LogP contribution in [-0.2, 0) is 12.8 Å². The second kappa shape index (κ2) is 8.95. The van der Waals surface area contributed by atoms with Gasteiger partial charge < -0.3 is 15.4 Å². The molecule has 0 bridgehead atoms. The van der Waals surface area contributed by atoms with E-state index in [0.717, 1.165) is 42.1 Å². The third-order valence-electron chi connectivity index (χ3n) is 5.15. The SMILES string of the molecule is CCOc1ccc(Nc2nc3c(c(Nc4ccccc4CC)n2)C(=O)CCC3)cc1. The van der Waals surface area contributed by atoms with Crippen LogP contribution in [-0.4, -0.2) is 22.4 Å². The van der Waals surface area contributed by atoms with E-state index in [0.29, 0.717) is 30.4 Å². The largest absolute Gasteiger partial charge is 0.494 e. The van der Waals surface area contributed by atoms with Gasteiger partial charge in [0, 0.05) is 17.8 Å². The maximum atomic E-state index is 12.7. The number of nitrogens with zero attached hydrogens (tertiary/aromatic N) is 2. The number of ether oxygens (including phenoxy) is 1. The molecule has 2 N–H and O–H groups in total. The third kappa shape index (κ3) is 4.27. The monoisotopic (exact) mass is 402 g/mol. The van der Waals surface area contributed by atoms with Crippen molar-refractivity contribution in [2.75, 3.05) is 17.2 Å². The zero-order valence-corrected chi connectivity index (χ0v) is 17.4. The molecule has 1 aromatic heterocycles. The number of aromatic nitrogens is 2. The minimum atomic E-state index is 0.0975. The normalized spacial score (nSPS) is 12.9. The molecule has 1 heterocycles. The lowest BCUT2D eigenvalue weighted by Crippen LogP contribution is -2.18. The summed E-state index contributed by atoms with van der Waals surface area (Å²) in [4.78, 5) is 22.0. The van der Waals surface area contributed by atoms with Crippen molar-refractivity contribution in [2.45, 2.75) is 39.5 Å². The number of nitrogens with one attached hydrogen (secondary N) is 2. The Labute approximate surface area is 176 Å². The Morgan fingerprint density at radius 1 is 0.967 bits per heavy atom. The Morgan fingerprint density at radius 2 is 1.77 bits per heavy atom. The quantitative estimate of drug-likeness (QED) is 0.548. The molecule has 0 amide bonds. The average molecular weight is 402 g/mol. The summed E-state index contributed by atoms with van der Waals surface area (Å²) in [6.45, 7) is 4.70. The highest BCUT2D eigenvalue weighted by Crippen LogP contribution is 2.31. The van der Waals surface area contributed by atoms with Gasteiger partial charge in [-0.2, -0.15) is 4.98 Å². The molecule has 0 radical (unpaired) electrons. The number of hydrogen-bond acceptors (Lipinski definition) is 6. The Kier molecular flexibility index (Phi) is 5.93. The number of rotatable bonds is 7. The number of ketones is 1. The smallest absolute Gasteiger partial charge is 0.229 e. The van der Waals surface area contributed by atoms with Crippen LogP contribution in [0.3, 0.4) is 0 Å². The lowest BCUT2D eigenvalue weighted by atomic mass is 9.95. The van der Waals surface area contributed by atoms with E-state index in [1.165, 1.54) is 5.56 Å². The molecule has 1 aliphatic rings. The van der Waals surface area contributed by atoms with Crippen LogP contribution in [0.4, 0.5) is 23.1 Å². The van der Waals surface area contributed by atoms with Crippen LogP contribution in [0.5, 0.6) is 5.75 Å². The van der Waals surface area contributed by atoms with Gasteiger partial charge in [-0.1, -0.05) is 25.1 Å². The third-order valence-corrected chi connectivity index (χ3v) is 5.15. The van der Waals surface area contributed by atoms with Gasteiger partial charge in [0.05, 0.1) is 17.9 Å². The predicted molar refractivity (Wildman–Crippen MR) is 119 cm³/mol. The highest BCUT2D eigenvalue weighted by atomic mass is 16.5. The summed E-state index contributed by atoms with van der Waals surface area (Å²) in [6, 6.07) is 15.8. The van der Waals surface area contributed by atoms with Crippen LogP contribution in [0.1, 0.15) is 48.3 Å². The molecule has 0 aliphatic heterocycles. The molecular formula is C24H26N4O2. The van der Waals surface area contributed by atoms with Gasteiger partial charge in [-0.15, -0.1) is 0 Å². The van der Waals surface area contributed by atoms with Crippen LogP contribution >= 0.6 is 0 Å². The molecule has 154 valence electrons. The van der Waals surface area contributed by atoms with Gasteiger partial charge in [-0.3, -0.25) is 4.79 Å². The molecule has 2 aromatic carbocycles. The Balaban J connectivity index is 1.68. The number of aryl methyl sites for hydroxylation is 2. The fraction of sp³-hybridized carbons (Fsp3) is 0.292. The van der Waals surface area contributed by atoms with E-state index in [1.807, 2.05) is 49.4 Å². The first-order valence-electron chi connectivity index (χ1n) is 10.5. The number of anilines is 4. The number of hydrogen-bond donors (Lipinski definition) is 2. The molecule has 6 heteroatoms. The second-order valence-electron chi connectivity index (χ2n) is 7.21. The second-order valence-corrected chi connectivity index (χ2v) is 7.21. The highest BCUT2D eigenvalue weighted by molar-refractivity contribution is 6.03. The van der Waals surface area contributed by atoms with Gasteiger partial charge in [0.2, 0.25) is 5.95 Å². The van der Waals surface area contributed by atoms with Gasteiger partial charge in [0.15, 0.2) is 5.78 Å². The van der Waals surface area contributed by atoms with E-state index in [4.69, 9.17) is 4.74 Å². The molecular weight excluding hydrogens is 376 g/mol. The van der Waals surface area contributed by atoms with Crippen molar-refractivity contribution in [2.24, 2.45) is 0 Å². The lowest BCUT2D eigenvalue weighted by Gasteiger charge is -2.20. The van der Waals surface area contributed by atoms with E-state index in [9.17, 15) is 4.79 Å². The van der Waals surface area contributed by atoms with Gasteiger partial charge >= 0.3 is 0 Å². The Bertz CT molecular complexity index is 1050. The molecule has 4 rings (SSSR count). The van der Waals surface area contributed by atoms with Crippen molar-refractivity contribution >= 4 is 28.9 Å². The van der Waals surface area contributed by atoms with E-state index in [1.54, 1.807) is 0 Å².